The van der Waals surface area contributed by atoms with Gasteiger partial charge in [-0.25, -0.2) is 0 Å². The third-order valence-electron chi connectivity index (χ3n) is 10.4. The van der Waals surface area contributed by atoms with Crippen molar-refractivity contribution >= 4 is 29.3 Å². The van der Waals surface area contributed by atoms with Crippen molar-refractivity contribution in [1.29, 1.82) is 0 Å². The Balaban J connectivity index is 1.29. The lowest BCUT2D eigenvalue weighted by molar-refractivity contribution is -0.151. The number of nitrogens with one attached hydrogen (secondary N) is 1. The van der Waals surface area contributed by atoms with Crippen LogP contribution in [0.1, 0.15) is 56.7 Å². The van der Waals surface area contributed by atoms with Crippen molar-refractivity contribution in [3.05, 3.63) is 119 Å². The summed E-state index contributed by atoms with van der Waals surface area (Å²) < 4.78 is 11.0. The monoisotopic (exact) mass is 658 g/mol. The van der Waals surface area contributed by atoms with Crippen LogP contribution in [-0.2, 0) is 29.0 Å². The summed E-state index contributed by atoms with van der Waals surface area (Å²) in [6.45, 7) is -0.429. The Morgan fingerprint density at radius 2 is 1.59 bits per heavy atom. The quantitative estimate of drug-likeness (QED) is 0.242. The van der Waals surface area contributed by atoms with Crippen molar-refractivity contribution in [1.82, 2.24) is 14.8 Å². The molecular formula is C39H38N4O6. The average Bonchev–Trinajstić information content (AvgIpc) is 3.37. The third kappa shape index (κ3) is 5.92. The van der Waals surface area contributed by atoms with E-state index in [1.54, 1.807) is 72.9 Å². The molecular weight excluding hydrogens is 620 g/mol. The summed E-state index contributed by atoms with van der Waals surface area (Å²) in [7, 11) is 3.07. The highest BCUT2D eigenvalue weighted by atomic mass is 16.5. The molecule has 1 saturated carbocycles. The number of fused-ring (bicyclic) bond motifs is 3. The van der Waals surface area contributed by atoms with Gasteiger partial charge >= 0.3 is 0 Å². The van der Waals surface area contributed by atoms with Crippen molar-refractivity contribution in [2.45, 2.75) is 44.2 Å². The fourth-order valence-electron chi connectivity index (χ4n) is 7.86. The first-order chi connectivity index (χ1) is 23.8. The van der Waals surface area contributed by atoms with Gasteiger partial charge in [0.2, 0.25) is 11.8 Å². The van der Waals surface area contributed by atoms with Gasteiger partial charge in [-0.1, -0.05) is 42.5 Å². The molecule has 0 bridgehead atoms. The van der Waals surface area contributed by atoms with Crippen LogP contribution >= 0.6 is 0 Å². The first-order valence-corrected chi connectivity index (χ1v) is 16.6. The van der Waals surface area contributed by atoms with Crippen molar-refractivity contribution in [3.63, 3.8) is 0 Å². The highest BCUT2D eigenvalue weighted by molar-refractivity contribution is 6.22. The van der Waals surface area contributed by atoms with Gasteiger partial charge < -0.3 is 19.7 Å². The zero-order chi connectivity index (χ0) is 34.1. The normalized spacial score (nSPS) is 20.9. The largest absolute Gasteiger partial charge is 0.497 e. The number of anilines is 1. The third-order valence-corrected chi connectivity index (χ3v) is 10.4. The van der Waals surface area contributed by atoms with Crippen molar-refractivity contribution < 1.29 is 28.7 Å². The van der Waals surface area contributed by atoms with Crippen LogP contribution in [0.3, 0.4) is 0 Å². The van der Waals surface area contributed by atoms with Crippen molar-refractivity contribution in [3.8, 4) is 11.5 Å². The molecule has 3 unspecified atom stereocenters. The molecule has 1 fully saturated rings. The van der Waals surface area contributed by atoms with Crippen LogP contribution < -0.4 is 14.8 Å². The average molecular weight is 659 g/mol. The van der Waals surface area contributed by atoms with Gasteiger partial charge in [-0.05, 0) is 91.0 Å². The van der Waals surface area contributed by atoms with Crippen LogP contribution in [-0.4, -0.2) is 64.7 Å². The van der Waals surface area contributed by atoms with Crippen LogP contribution in [0.15, 0.2) is 91.3 Å². The molecule has 7 rings (SSSR count). The van der Waals surface area contributed by atoms with Gasteiger partial charge in [0.25, 0.3) is 11.8 Å². The smallest absolute Gasteiger partial charge is 0.262 e. The predicted molar refractivity (Wildman–Crippen MR) is 182 cm³/mol. The number of methoxy groups -OCH3 is 2. The minimum absolute atomic E-state index is 0.0665. The molecule has 2 aliphatic carbocycles. The summed E-state index contributed by atoms with van der Waals surface area (Å²) in [6, 6.07) is 23.8. The number of ether oxygens (including phenoxy) is 2. The zero-order valence-corrected chi connectivity index (χ0v) is 27.6. The minimum Gasteiger partial charge on any atom is -0.497 e. The van der Waals surface area contributed by atoms with Crippen molar-refractivity contribution in [2.75, 3.05) is 26.1 Å². The number of rotatable bonds is 9. The summed E-state index contributed by atoms with van der Waals surface area (Å²) in [5, 5.41) is 3.11. The number of aromatic nitrogens is 1. The minimum atomic E-state index is -1.32. The number of hydrogen-bond donors (Lipinski definition) is 1. The SMILES string of the molecule is COc1ccc(NC(=O)C2(N(Cc3cccnc3)C(=O)CN3C(=O)c4ccccc4C3=O)CCC3Cc4ccccc4CC3C2)c(OC)c1. The maximum Gasteiger partial charge on any atom is 0.262 e. The Morgan fingerprint density at radius 3 is 2.24 bits per heavy atom. The Hall–Kier alpha value is -5.51. The van der Waals surface area contributed by atoms with E-state index in [4.69, 9.17) is 9.47 Å². The predicted octanol–water partition coefficient (Wildman–Crippen LogP) is 5.32. The van der Waals surface area contributed by atoms with E-state index in [9.17, 15) is 19.2 Å². The fraction of sp³-hybridized carbons (Fsp3) is 0.308. The standard InChI is InChI=1S/C39H38N4O6/c1-48-30-13-14-33(34(20-30)49-2)41-38(47)39(16-15-28-18-26-9-3-4-10-27(26)19-29(28)21-39)43(23-25-8-7-17-40-22-25)35(44)24-42-36(45)31-11-5-6-12-32(31)37(42)46/h3-14,17,20,22,28-29H,15-16,18-19,21,23-24H2,1-2H3,(H,41,47). The molecule has 3 aromatic carbocycles. The molecule has 10 heteroatoms. The van der Waals surface area contributed by atoms with Gasteiger partial charge in [0.15, 0.2) is 0 Å². The topological polar surface area (TPSA) is 118 Å². The highest BCUT2D eigenvalue weighted by Crippen LogP contribution is 2.47. The Morgan fingerprint density at radius 1 is 0.898 bits per heavy atom. The number of imide groups is 1. The zero-order valence-electron chi connectivity index (χ0n) is 27.6. The molecule has 0 spiro atoms. The van der Waals surface area contributed by atoms with Crippen molar-refractivity contribution in [2.24, 2.45) is 11.8 Å². The van der Waals surface area contributed by atoms with E-state index in [2.05, 4.69) is 28.5 Å². The van der Waals surface area contributed by atoms with E-state index in [1.807, 2.05) is 12.1 Å². The first-order valence-electron chi connectivity index (χ1n) is 16.6. The van der Waals surface area contributed by atoms with Crippen LogP contribution in [0.4, 0.5) is 5.69 Å². The number of carbonyl (C=O) groups is 4. The maximum absolute atomic E-state index is 15.0. The summed E-state index contributed by atoms with van der Waals surface area (Å²) in [5.41, 5.74) is 2.97. The summed E-state index contributed by atoms with van der Waals surface area (Å²) in [6.07, 6.45) is 6.54. The van der Waals surface area contributed by atoms with Gasteiger partial charge in [-0.2, -0.15) is 0 Å². The van der Waals surface area contributed by atoms with Crippen LogP contribution in [0.25, 0.3) is 0 Å². The van der Waals surface area contributed by atoms with E-state index in [1.165, 1.54) is 18.2 Å². The molecule has 0 saturated heterocycles. The molecule has 49 heavy (non-hydrogen) atoms. The molecule has 2 heterocycles. The number of hydrogen-bond acceptors (Lipinski definition) is 7. The fourth-order valence-corrected chi connectivity index (χ4v) is 7.86. The summed E-state index contributed by atoms with van der Waals surface area (Å²) in [4.78, 5) is 63.3. The lowest BCUT2D eigenvalue weighted by atomic mass is 9.62. The number of amides is 4. The Labute approximate surface area is 285 Å². The van der Waals surface area contributed by atoms with Crippen LogP contribution in [0.2, 0.25) is 0 Å². The first kappa shape index (κ1) is 32.1. The summed E-state index contributed by atoms with van der Waals surface area (Å²) >= 11 is 0. The maximum atomic E-state index is 15.0. The second kappa shape index (κ2) is 13.2. The Kier molecular flexibility index (Phi) is 8.62. The molecule has 1 aliphatic heterocycles. The molecule has 250 valence electrons. The molecule has 3 aliphatic rings. The van der Waals surface area contributed by atoms with E-state index in [0.717, 1.165) is 29.7 Å². The van der Waals surface area contributed by atoms with E-state index in [-0.39, 0.29) is 29.5 Å². The van der Waals surface area contributed by atoms with Crippen LogP contribution in [0, 0.1) is 11.8 Å². The number of nitrogens with zero attached hydrogens (tertiary/aromatic N) is 3. The molecule has 4 amide bonds. The Bertz CT molecular complexity index is 1890. The van der Waals surface area contributed by atoms with E-state index < -0.39 is 29.8 Å². The highest BCUT2D eigenvalue weighted by Gasteiger charge is 2.53. The lowest BCUT2D eigenvalue weighted by Crippen LogP contribution is -2.63. The summed E-state index contributed by atoms with van der Waals surface area (Å²) in [5.74, 6) is -0.445. The van der Waals surface area contributed by atoms with Gasteiger partial charge in [0, 0.05) is 25.0 Å². The second-order valence-corrected chi connectivity index (χ2v) is 13.1. The molecule has 1 N–H and O–H groups in total. The number of benzene rings is 3. The van der Waals surface area contributed by atoms with E-state index >= 15 is 0 Å². The van der Waals surface area contributed by atoms with Gasteiger partial charge in [0.05, 0.1) is 31.0 Å². The molecule has 4 aromatic rings. The molecule has 1 aromatic heterocycles. The number of pyridine rings is 1. The number of carbonyl (C=O) groups excluding carboxylic acids is 4. The van der Waals surface area contributed by atoms with Gasteiger partial charge in [-0.3, -0.25) is 29.1 Å². The second-order valence-electron chi connectivity index (χ2n) is 13.1. The van der Waals surface area contributed by atoms with Crippen LogP contribution in [0.5, 0.6) is 11.5 Å². The van der Waals surface area contributed by atoms with Gasteiger partial charge in [-0.15, -0.1) is 0 Å². The lowest BCUT2D eigenvalue weighted by Gasteiger charge is -2.51. The molecule has 0 radical (unpaired) electrons. The molecule has 10 nitrogen and oxygen atoms in total. The van der Waals surface area contributed by atoms with Gasteiger partial charge in [0.1, 0.15) is 23.6 Å². The van der Waals surface area contributed by atoms with E-state index in [0.29, 0.717) is 35.9 Å². The molecule has 3 atom stereocenters.